The quantitative estimate of drug-likeness (QED) is 0.399. The number of imide groups is 1. The van der Waals surface area contributed by atoms with Crippen molar-refractivity contribution in [1.29, 1.82) is 0 Å². The molecule has 1 aliphatic carbocycles. The second-order valence-electron chi connectivity index (χ2n) is 8.15. The molecule has 1 saturated carbocycles. The molecular formula is C23H30N2O5. The van der Waals surface area contributed by atoms with Crippen molar-refractivity contribution in [1.82, 2.24) is 10.2 Å². The number of carbonyl (C=O) groups excluding carboxylic acids is 4. The largest absolute Gasteiger partial charge is 0.456 e. The minimum Gasteiger partial charge on any atom is -0.456 e. The Balaban J connectivity index is 1.51. The van der Waals surface area contributed by atoms with E-state index in [4.69, 9.17) is 4.74 Å². The number of Topliss-reactive ketones (excluding diaryl/α,β-unsaturated/α-hetero) is 1. The Morgan fingerprint density at radius 2 is 1.70 bits per heavy atom. The summed E-state index contributed by atoms with van der Waals surface area (Å²) < 4.78 is 5.04. The molecule has 0 bridgehead atoms. The molecule has 0 unspecified atom stereocenters. The predicted molar refractivity (Wildman–Crippen MR) is 111 cm³/mol. The summed E-state index contributed by atoms with van der Waals surface area (Å²) in [6, 6.07) is 6.90. The maximum Gasteiger partial charge on any atom is 0.326 e. The van der Waals surface area contributed by atoms with Crippen molar-refractivity contribution in [3.05, 3.63) is 35.4 Å². The van der Waals surface area contributed by atoms with E-state index in [9.17, 15) is 19.2 Å². The number of ketones is 1. The summed E-state index contributed by atoms with van der Waals surface area (Å²) in [5.41, 5.74) is 0.762. The summed E-state index contributed by atoms with van der Waals surface area (Å²) in [6.45, 7) is 2.70. The van der Waals surface area contributed by atoms with E-state index in [1.165, 1.54) is 37.7 Å². The van der Waals surface area contributed by atoms with Gasteiger partial charge in [-0.1, -0.05) is 57.4 Å². The Bertz CT molecular complexity index is 807. The summed E-state index contributed by atoms with van der Waals surface area (Å²) in [6.07, 6.45) is 7.04. The Morgan fingerprint density at radius 3 is 2.27 bits per heavy atom. The van der Waals surface area contributed by atoms with Crippen LogP contribution in [0.2, 0.25) is 0 Å². The van der Waals surface area contributed by atoms with Gasteiger partial charge >= 0.3 is 12.0 Å². The number of urea groups is 1. The van der Waals surface area contributed by atoms with Crippen molar-refractivity contribution in [2.75, 3.05) is 13.2 Å². The fourth-order valence-electron chi connectivity index (χ4n) is 4.33. The number of ether oxygens (including phenoxy) is 1. The van der Waals surface area contributed by atoms with Gasteiger partial charge in [0.1, 0.15) is 12.1 Å². The molecule has 1 aromatic rings. The SMILES string of the molecule is CCC1(CC)NC(=O)N(CC(=O)OCC(=O)c2ccc(C3CCCCC3)cc2)C1=O. The van der Waals surface area contributed by atoms with E-state index in [-0.39, 0.29) is 5.78 Å². The van der Waals surface area contributed by atoms with Crippen LogP contribution in [0.1, 0.15) is 80.6 Å². The standard InChI is InChI=1S/C23H30N2O5/c1-3-23(4-2)21(28)25(22(29)24-23)14-20(27)30-15-19(26)18-12-10-17(11-13-18)16-8-6-5-7-9-16/h10-13,16H,3-9,14-15H2,1-2H3,(H,24,29). The molecule has 7 heteroatoms. The molecule has 2 fully saturated rings. The van der Waals surface area contributed by atoms with E-state index in [1.807, 2.05) is 26.0 Å². The molecule has 0 spiro atoms. The molecule has 2 aliphatic rings. The lowest BCUT2D eigenvalue weighted by molar-refractivity contribution is -0.146. The van der Waals surface area contributed by atoms with E-state index >= 15 is 0 Å². The maximum atomic E-state index is 12.5. The minimum atomic E-state index is -0.965. The zero-order valence-corrected chi connectivity index (χ0v) is 17.7. The maximum absolute atomic E-state index is 12.5. The highest BCUT2D eigenvalue weighted by Crippen LogP contribution is 2.32. The van der Waals surface area contributed by atoms with E-state index in [0.29, 0.717) is 24.3 Å². The first kappa shape index (κ1) is 22.0. The van der Waals surface area contributed by atoms with Crippen LogP contribution in [0, 0.1) is 0 Å². The monoisotopic (exact) mass is 414 g/mol. The number of amides is 3. The van der Waals surface area contributed by atoms with Gasteiger partial charge < -0.3 is 10.1 Å². The normalized spacial score (nSPS) is 18.9. The molecule has 162 valence electrons. The summed E-state index contributed by atoms with van der Waals surface area (Å²) in [5.74, 6) is -0.969. The van der Waals surface area contributed by atoms with Gasteiger partial charge in [-0.3, -0.25) is 19.3 Å². The molecular weight excluding hydrogens is 384 g/mol. The number of carbonyl (C=O) groups is 4. The van der Waals surface area contributed by atoms with Gasteiger partial charge in [-0.15, -0.1) is 0 Å². The molecule has 3 amide bonds. The second kappa shape index (κ2) is 9.41. The van der Waals surface area contributed by atoms with E-state index in [0.717, 1.165) is 4.90 Å². The Kier molecular flexibility index (Phi) is 6.90. The molecule has 1 saturated heterocycles. The van der Waals surface area contributed by atoms with Crippen molar-refractivity contribution >= 4 is 23.7 Å². The molecule has 0 aromatic heterocycles. The number of esters is 1. The molecule has 1 heterocycles. The van der Waals surface area contributed by atoms with Crippen molar-refractivity contribution in [2.45, 2.75) is 70.3 Å². The van der Waals surface area contributed by atoms with Crippen LogP contribution in [0.15, 0.2) is 24.3 Å². The van der Waals surface area contributed by atoms with Gasteiger partial charge in [-0.2, -0.15) is 0 Å². The lowest BCUT2D eigenvalue weighted by Crippen LogP contribution is -2.46. The molecule has 30 heavy (non-hydrogen) atoms. The molecule has 1 aromatic carbocycles. The van der Waals surface area contributed by atoms with Gasteiger partial charge in [0.05, 0.1) is 0 Å². The fraction of sp³-hybridized carbons (Fsp3) is 0.565. The minimum absolute atomic E-state index is 0.313. The Hall–Kier alpha value is -2.70. The highest BCUT2D eigenvalue weighted by molar-refractivity contribution is 6.08. The first-order chi connectivity index (χ1) is 14.4. The number of nitrogens with one attached hydrogen (secondary N) is 1. The lowest BCUT2D eigenvalue weighted by Gasteiger charge is -2.22. The zero-order valence-electron chi connectivity index (χ0n) is 17.7. The first-order valence-electron chi connectivity index (χ1n) is 10.8. The van der Waals surface area contributed by atoms with Gasteiger partial charge in [0.2, 0.25) is 0 Å². The number of benzene rings is 1. The third-order valence-electron chi connectivity index (χ3n) is 6.41. The van der Waals surface area contributed by atoms with Gasteiger partial charge in [-0.05, 0) is 37.2 Å². The molecule has 3 rings (SSSR count). The smallest absolute Gasteiger partial charge is 0.326 e. The van der Waals surface area contributed by atoms with Gasteiger partial charge in [-0.25, -0.2) is 4.79 Å². The molecule has 1 aliphatic heterocycles. The molecule has 1 N–H and O–H groups in total. The van der Waals surface area contributed by atoms with Crippen molar-refractivity contribution < 1.29 is 23.9 Å². The number of hydrogen-bond donors (Lipinski definition) is 1. The van der Waals surface area contributed by atoms with E-state index < -0.39 is 36.6 Å². The predicted octanol–water partition coefficient (Wildman–Crippen LogP) is 3.57. The summed E-state index contributed by atoms with van der Waals surface area (Å²) in [4.78, 5) is 50.0. The molecule has 7 nitrogen and oxygen atoms in total. The zero-order chi connectivity index (χ0) is 21.7. The highest BCUT2D eigenvalue weighted by Gasteiger charge is 2.49. The molecule has 0 radical (unpaired) electrons. The second-order valence-corrected chi connectivity index (χ2v) is 8.15. The fourth-order valence-corrected chi connectivity index (χ4v) is 4.33. The summed E-state index contributed by atoms with van der Waals surface area (Å²) >= 11 is 0. The third-order valence-corrected chi connectivity index (χ3v) is 6.41. The van der Waals surface area contributed by atoms with Crippen LogP contribution in [0.4, 0.5) is 4.79 Å². The van der Waals surface area contributed by atoms with Crippen LogP contribution in [0.5, 0.6) is 0 Å². The van der Waals surface area contributed by atoms with E-state index in [1.54, 1.807) is 12.1 Å². The number of rotatable bonds is 8. The van der Waals surface area contributed by atoms with Crippen LogP contribution in [-0.2, 0) is 14.3 Å². The third kappa shape index (κ3) is 4.55. The van der Waals surface area contributed by atoms with Crippen molar-refractivity contribution in [3.63, 3.8) is 0 Å². The van der Waals surface area contributed by atoms with Crippen LogP contribution in [-0.4, -0.2) is 47.3 Å². The van der Waals surface area contributed by atoms with Gasteiger partial charge in [0.15, 0.2) is 12.4 Å². The van der Waals surface area contributed by atoms with Gasteiger partial charge in [0.25, 0.3) is 5.91 Å². The number of hydrogen-bond acceptors (Lipinski definition) is 5. The number of nitrogens with zero attached hydrogens (tertiary/aromatic N) is 1. The van der Waals surface area contributed by atoms with Crippen LogP contribution >= 0.6 is 0 Å². The first-order valence-corrected chi connectivity index (χ1v) is 10.8. The van der Waals surface area contributed by atoms with Crippen LogP contribution in [0.25, 0.3) is 0 Å². The summed E-state index contributed by atoms with van der Waals surface area (Å²) in [7, 11) is 0. The Labute approximate surface area is 177 Å². The average molecular weight is 415 g/mol. The molecule has 0 atom stereocenters. The van der Waals surface area contributed by atoms with Crippen LogP contribution in [0.3, 0.4) is 0 Å². The van der Waals surface area contributed by atoms with Crippen molar-refractivity contribution in [3.8, 4) is 0 Å². The van der Waals surface area contributed by atoms with Crippen LogP contribution < -0.4 is 5.32 Å². The van der Waals surface area contributed by atoms with Gasteiger partial charge in [0, 0.05) is 5.56 Å². The lowest BCUT2D eigenvalue weighted by atomic mass is 9.84. The topological polar surface area (TPSA) is 92.8 Å². The average Bonchev–Trinajstić information content (AvgIpc) is 3.02. The Morgan fingerprint density at radius 1 is 1.07 bits per heavy atom. The highest BCUT2D eigenvalue weighted by atomic mass is 16.5. The van der Waals surface area contributed by atoms with E-state index in [2.05, 4.69) is 5.32 Å². The summed E-state index contributed by atoms with van der Waals surface area (Å²) in [5, 5.41) is 2.66. The van der Waals surface area contributed by atoms with Crippen molar-refractivity contribution in [2.24, 2.45) is 0 Å².